The zero-order valence-corrected chi connectivity index (χ0v) is 11.7. The molecule has 1 unspecified atom stereocenters. The fraction of sp³-hybridized carbons (Fsp3) is 0.769. The third kappa shape index (κ3) is 3.50. The molecule has 1 aliphatic rings. The summed E-state index contributed by atoms with van der Waals surface area (Å²) in [4.78, 5) is 7.29. The molecular formula is C13H23N3S. The van der Waals surface area contributed by atoms with Crippen LogP contribution in [-0.2, 0) is 13.0 Å². The van der Waals surface area contributed by atoms with E-state index in [4.69, 9.17) is 4.98 Å². The van der Waals surface area contributed by atoms with Gasteiger partial charge in [0.05, 0.1) is 10.7 Å². The number of aryl methyl sites for hydroxylation is 1. The molecule has 1 fully saturated rings. The van der Waals surface area contributed by atoms with E-state index in [1.165, 1.54) is 36.5 Å². The van der Waals surface area contributed by atoms with Gasteiger partial charge in [-0.1, -0.05) is 6.92 Å². The van der Waals surface area contributed by atoms with Crippen molar-refractivity contribution < 1.29 is 0 Å². The molecule has 0 saturated carbocycles. The number of thiazole rings is 1. The van der Waals surface area contributed by atoms with Gasteiger partial charge in [0.25, 0.3) is 0 Å². The van der Waals surface area contributed by atoms with Crippen LogP contribution in [0.15, 0.2) is 5.38 Å². The SMILES string of the molecule is CCCc1nc(CN2CCCC2CNC)cs1. The summed E-state index contributed by atoms with van der Waals surface area (Å²) in [6.07, 6.45) is 4.98. The standard InChI is InChI=1S/C13H23N3S/c1-3-5-13-15-11(10-17-13)9-16-7-4-6-12(16)8-14-2/h10,12,14H,3-9H2,1-2H3. The van der Waals surface area contributed by atoms with Gasteiger partial charge in [-0.15, -0.1) is 11.3 Å². The number of nitrogens with zero attached hydrogens (tertiary/aromatic N) is 2. The van der Waals surface area contributed by atoms with Crippen molar-refractivity contribution in [3.63, 3.8) is 0 Å². The Bertz CT molecular complexity index is 337. The monoisotopic (exact) mass is 253 g/mol. The number of aromatic nitrogens is 1. The Hall–Kier alpha value is -0.450. The number of nitrogens with one attached hydrogen (secondary N) is 1. The van der Waals surface area contributed by atoms with E-state index in [1.807, 2.05) is 18.4 Å². The summed E-state index contributed by atoms with van der Waals surface area (Å²) < 4.78 is 0. The normalized spacial score (nSPS) is 21.2. The molecule has 0 aliphatic carbocycles. The summed E-state index contributed by atoms with van der Waals surface area (Å²) in [7, 11) is 2.04. The molecule has 1 N–H and O–H groups in total. The van der Waals surface area contributed by atoms with Crippen LogP contribution < -0.4 is 5.32 Å². The molecule has 0 radical (unpaired) electrons. The molecule has 1 aliphatic heterocycles. The Morgan fingerprint density at radius 3 is 3.24 bits per heavy atom. The predicted molar refractivity (Wildman–Crippen MR) is 73.5 cm³/mol. The first-order valence-electron chi connectivity index (χ1n) is 6.65. The van der Waals surface area contributed by atoms with Crippen molar-refractivity contribution in [2.24, 2.45) is 0 Å². The molecule has 1 saturated heterocycles. The van der Waals surface area contributed by atoms with Crippen molar-refractivity contribution in [2.75, 3.05) is 20.1 Å². The first kappa shape index (κ1) is 13.0. The van der Waals surface area contributed by atoms with Gasteiger partial charge in [-0.2, -0.15) is 0 Å². The quantitative estimate of drug-likeness (QED) is 0.843. The van der Waals surface area contributed by atoms with E-state index >= 15 is 0 Å². The highest BCUT2D eigenvalue weighted by Crippen LogP contribution is 2.20. The first-order valence-corrected chi connectivity index (χ1v) is 7.53. The van der Waals surface area contributed by atoms with Gasteiger partial charge in [0, 0.05) is 24.5 Å². The molecule has 2 heterocycles. The molecule has 0 aromatic carbocycles. The van der Waals surface area contributed by atoms with Crippen LogP contribution in [0.5, 0.6) is 0 Å². The maximum atomic E-state index is 4.71. The minimum absolute atomic E-state index is 0.705. The van der Waals surface area contributed by atoms with Gasteiger partial charge in [-0.05, 0) is 39.3 Å². The molecule has 0 spiro atoms. The Balaban J connectivity index is 1.90. The fourth-order valence-electron chi connectivity index (χ4n) is 2.53. The Labute approximate surface area is 108 Å². The maximum absolute atomic E-state index is 4.71. The molecule has 1 atom stereocenters. The van der Waals surface area contributed by atoms with Crippen LogP contribution in [0.3, 0.4) is 0 Å². The summed E-state index contributed by atoms with van der Waals surface area (Å²) in [6.45, 7) is 5.58. The number of likely N-dealkylation sites (tertiary alicyclic amines) is 1. The molecule has 3 nitrogen and oxygen atoms in total. The average Bonchev–Trinajstić information content (AvgIpc) is 2.91. The van der Waals surface area contributed by atoms with Crippen LogP contribution in [-0.4, -0.2) is 36.1 Å². The maximum Gasteiger partial charge on any atom is 0.0928 e. The van der Waals surface area contributed by atoms with Gasteiger partial charge in [0.1, 0.15) is 0 Å². The van der Waals surface area contributed by atoms with Gasteiger partial charge < -0.3 is 5.32 Å². The van der Waals surface area contributed by atoms with Crippen molar-refractivity contribution in [1.82, 2.24) is 15.2 Å². The predicted octanol–water partition coefficient (Wildman–Crippen LogP) is 2.28. The Morgan fingerprint density at radius 2 is 2.47 bits per heavy atom. The molecule has 4 heteroatoms. The molecule has 1 aromatic rings. The number of hydrogen-bond donors (Lipinski definition) is 1. The van der Waals surface area contributed by atoms with Crippen LogP contribution in [0.2, 0.25) is 0 Å². The summed E-state index contributed by atoms with van der Waals surface area (Å²) in [5, 5.41) is 6.83. The Kier molecular flexibility index (Phi) is 4.95. The third-order valence-electron chi connectivity index (χ3n) is 3.37. The fourth-order valence-corrected chi connectivity index (χ4v) is 3.42. The molecule has 0 bridgehead atoms. The first-order chi connectivity index (χ1) is 8.33. The van der Waals surface area contributed by atoms with E-state index in [2.05, 4.69) is 22.5 Å². The molecule has 2 rings (SSSR count). The minimum atomic E-state index is 0.705. The molecule has 1 aromatic heterocycles. The van der Waals surface area contributed by atoms with Crippen molar-refractivity contribution in [1.29, 1.82) is 0 Å². The van der Waals surface area contributed by atoms with E-state index in [1.54, 1.807) is 0 Å². The van der Waals surface area contributed by atoms with Gasteiger partial charge in [-0.25, -0.2) is 4.98 Å². The Morgan fingerprint density at radius 1 is 1.59 bits per heavy atom. The highest BCUT2D eigenvalue weighted by Gasteiger charge is 2.24. The lowest BCUT2D eigenvalue weighted by Gasteiger charge is -2.23. The molecule has 0 amide bonds. The zero-order chi connectivity index (χ0) is 12.1. The smallest absolute Gasteiger partial charge is 0.0928 e. The van der Waals surface area contributed by atoms with Crippen molar-refractivity contribution in [3.8, 4) is 0 Å². The van der Waals surface area contributed by atoms with Crippen molar-refractivity contribution in [2.45, 2.75) is 45.2 Å². The lowest BCUT2D eigenvalue weighted by molar-refractivity contribution is 0.240. The van der Waals surface area contributed by atoms with E-state index in [9.17, 15) is 0 Å². The van der Waals surface area contributed by atoms with E-state index in [0.29, 0.717) is 6.04 Å². The lowest BCUT2D eigenvalue weighted by Crippen LogP contribution is -2.36. The van der Waals surface area contributed by atoms with Crippen LogP contribution in [0.4, 0.5) is 0 Å². The highest BCUT2D eigenvalue weighted by molar-refractivity contribution is 7.09. The van der Waals surface area contributed by atoms with E-state index < -0.39 is 0 Å². The lowest BCUT2D eigenvalue weighted by atomic mass is 10.2. The van der Waals surface area contributed by atoms with Crippen LogP contribution in [0.25, 0.3) is 0 Å². The second-order valence-electron chi connectivity index (χ2n) is 4.81. The van der Waals surface area contributed by atoms with Gasteiger partial charge in [0.2, 0.25) is 0 Å². The third-order valence-corrected chi connectivity index (χ3v) is 4.32. The summed E-state index contributed by atoms with van der Waals surface area (Å²) in [5.74, 6) is 0. The molecule has 96 valence electrons. The largest absolute Gasteiger partial charge is 0.318 e. The molecule has 17 heavy (non-hydrogen) atoms. The number of hydrogen-bond acceptors (Lipinski definition) is 4. The summed E-state index contributed by atoms with van der Waals surface area (Å²) >= 11 is 1.82. The number of likely N-dealkylation sites (N-methyl/N-ethyl adjacent to an activating group) is 1. The molecular weight excluding hydrogens is 230 g/mol. The van der Waals surface area contributed by atoms with Crippen LogP contribution in [0, 0.1) is 0 Å². The van der Waals surface area contributed by atoms with Crippen LogP contribution >= 0.6 is 11.3 Å². The van der Waals surface area contributed by atoms with Gasteiger partial charge in [-0.3, -0.25) is 4.90 Å². The minimum Gasteiger partial charge on any atom is -0.318 e. The highest BCUT2D eigenvalue weighted by atomic mass is 32.1. The zero-order valence-electron chi connectivity index (χ0n) is 10.9. The van der Waals surface area contributed by atoms with Crippen molar-refractivity contribution >= 4 is 11.3 Å². The second-order valence-corrected chi connectivity index (χ2v) is 5.75. The van der Waals surface area contributed by atoms with Gasteiger partial charge in [0.15, 0.2) is 0 Å². The second kappa shape index (κ2) is 6.47. The topological polar surface area (TPSA) is 28.2 Å². The van der Waals surface area contributed by atoms with E-state index in [-0.39, 0.29) is 0 Å². The number of rotatable bonds is 6. The summed E-state index contributed by atoms with van der Waals surface area (Å²) in [5.41, 5.74) is 1.27. The summed E-state index contributed by atoms with van der Waals surface area (Å²) in [6, 6.07) is 0.705. The van der Waals surface area contributed by atoms with Gasteiger partial charge >= 0.3 is 0 Å². The van der Waals surface area contributed by atoms with Crippen molar-refractivity contribution in [3.05, 3.63) is 16.1 Å². The van der Waals surface area contributed by atoms with E-state index in [0.717, 1.165) is 19.5 Å². The average molecular weight is 253 g/mol. The van der Waals surface area contributed by atoms with Crippen LogP contribution in [0.1, 0.15) is 36.9 Å².